The first-order chi connectivity index (χ1) is 9.66. The highest BCUT2D eigenvalue weighted by molar-refractivity contribution is 7.80. The van der Waals surface area contributed by atoms with Crippen LogP contribution in [0.2, 0.25) is 0 Å². The maximum Gasteiger partial charge on any atom is 0.169 e. The molecule has 0 aliphatic carbocycles. The SMILES string of the molecule is CN(C)CC1CCCN1C(=S)NCCc1ccccc1. The summed E-state index contributed by atoms with van der Waals surface area (Å²) < 4.78 is 0. The molecule has 110 valence electrons. The molecule has 0 radical (unpaired) electrons. The molecule has 0 aromatic heterocycles. The lowest BCUT2D eigenvalue weighted by Gasteiger charge is -2.29. The van der Waals surface area contributed by atoms with E-state index in [1.54, 1.807) is 0 Å². The van der Waals surface area contributed by atoms with Crippen molar-refractivity contribution in [1.29, 1.82) is 0 Å². The van der Waals surface area contributed by atoms with Crippen molar-refractivity contribution < 1.29 is 0 Å². The van der Waals surface area contributed by atoms with Crippen molar-refractivity contribution >= 4 is 17.3 Å². The van der Waals surface area contributed by atoms with E-state index in [0.717, 1.165) is 31.2 Å². The van der Waals surface area contributed by atoms with E-state index in [-0.39, 0.29) is 0 Å². The fraction of sp³-hybridized carbons (Fsp3) is 0.562. The van der Waals surface area contributed by atoms with Crippen LogP contribution in [0, 0.1) is 0 Å². The molecular weight excluding hydrogens is 266 g/mol. The van der Waals surface area contributed by atoms with Crippen LogP contribution in [0.3, 0.4) is 0 Å². The summed E-state index contributed by atoms with van der Waals surface area (Å²) in [6, 6.07) is 11.1. The third kappa shape index (κ3) is 4.46. The Labute approximate surface area is 128 Å². The van der Waals surface area contributed by atoms with Crippen molar-refractivity contribution in [3.8, 4) is 0 Å². The molecule has 2 rings (SSSR count). The normalized spacial score (nSPS) is 18.6. The summed E-state index contributed by atoms with van der Waals surface area (Å²) >= 11 is 5.56. The van der Waals surface area contributed by atoms with Gasteiger partial charge in [-0.1, -0.05) is 30.3 Å². The van der Waals surface area contributed by atoms with Crippen LogP contribution in [0.15, 0.2) is 30.3 Å². The second kappa shape index (κ2) is 7.60. The molecule has 0 saturated carbocycles. The molecule has 1 aliphatic rings. The minimum Gasteiger partial charge on any atom is -0.362 e. The zero-order chi connectivity index (χ0) is 14.4. The third-order valence-electron chi connectivity index (χ3n) is 3.75. The molecule has 3 nitrogen and oxygen atoms in total. The summed E-state index contributed by atoms with van der Waals surface area (Å²) in [7, 11) is 4.25. The minimum absolute atomic E-state index is 0.571. The number of hydrogen-bond acceptors (Lipinski definition) is 2. The first kappa shape index (κ1) is 15.3. The Bertz CT molecular complexity index is 419. The van der Waals surface area contributed by atoms with E-state index < -0.39 is 0 Å². The molecule has 0 bridgehead atoms. The Morgan fingerprint density at radius 2 is 2.10 bits per heavy atom. The van der Waals surface area contributed by atoms with Crippen LogP contribution >= 0.6 is 12.2 Å². The van der Waals surface area contributed by atoms with Gasteiger partial charge in [-0.25, -0.2) is 0 Å². The summed E-state index contributed by atoms with van der Waals surface area (Å²) in [4.78, 5) is 4.61. The number of likely N-dealkylation sites (tertiary alicyclic amines) is 1. The lowest BCUT2D eigenvalue weighted by atomic mass is 10.1. The van der Waals surface area contributed by atoms with Gasteiger partial charge in [-0.15, -0.1) is 0 Å². The number of nitrogens with one attached hydrogen (secondary N) is 1. The molecule has 1 aliphatic heterocycles. The van der Waals surface area contributed by atoms with Gasteiger partial charge in [-0.2, -0.15) is 0 Å². The van der Waals surface area contributed by atoms with Gasteiger partial charge < -0.3 is 15.1 Å². The van der Waals surface area contributed by atoms with Gasteiger partial charge in [0.05, 0.1) is 0 Å². The van der Waals surface area contributed by atoms with Gasteiger partial charge in [0.25, 0.3) is 0 Å². The standard InChI is InChI=1S/C16H25N3S/c1-18(2)13-15-9-6-12-19(15)16(20)17-11-10-14-7-4-3-5-8-14/h3-5,7-8,15H,6,9-13H2,1-2H3,(H,17,20). The van der Waals surface area contributed by atoms with Crippen molar-refractivity contribution in [2.75, 3.05) is 33.7 Å². The van der Waals surface area contributed by atoms with Gasteiger partial charge in [0, 0.05) is 25.7 Å². The van der Waals surface area contributed by atoms with Crippen LogP contribution < -0.4 is 5.32 Å². The minimum atomic E-state index is 0.571. The Balaban J connectivity index is 1.76. The van der Waals surface area contributed by atoms with Gasteiger partial charge in [0.2, 0.25) is 0 Å². The molecule has 1 fully saturated rings. The summed E-state index contributed by atoms with van der Waals surface area (Å²) in [6.45, 7) is 3.09. The average Bonchev–Trinajstić information content (AvgIpc) is 2.87. The highest BCUT2D eigenvalue weighted by Gasteiger charge is 2.26. The Morgan fingerprint density at radius 1 is 1.35 bits per heavy atom. The van der Waals surface area contributed by atoms with E-state index in [1.165, 1.54) is 18.4 Å². The molecular formula is C16H25N3S. The van der Waals surface area contributed by atoms with Crippen LogP contribution in [0.4, 0.5) is 0 Å². The van der Waals surface area contributed by atoms with Gasteiger partial charge in [-0.05, 0) is 51.1 Å². The average molecular weight is 291 g/mol. The molecule has 0 amide bonds. The number of thiocarbonyl (C=S) groups is 1. The van der Waals surface area contributed by atoms with Crippen molar-refractivity contribution in [2.45, 2.75) is 25.3 Å². The van der Waals surface area contributed by atoms with Crippen LogP contribution in [-0.2, 0) is 6.42 Å². The van der Waals surface area contributed by atoms with E-state index in [4.69, 9.17) is 12.2 Å². The molecule has 1 aromatic rings. The lowest BCUT2D eigenvalue weighted by Crippen LogP contribution is -2.46. The highest BCUT2D eigenvalue weighted by Crippen LogP contribution is 2.17. The second-order valence-corrected chi connectivity index (χ2v) is 6.11. The number of nitrogens with zero attached hydrogens (tertiary/aromatic N) is 2. The van der Waals surface area contributed by atoms with Crippen LogP contribution in [-0.4, -0.2) is 54.7 Å². The van der Waals surface area contributed by atoms with Gasteiger partial charge >= 0.3 is 0 Å². The third-order valence-corrected chi connectivity index (χ3v) is 4.13. The summed E-state index contributed by atoms with van der Waals surface area (Å²) in [5.74, 6) is 0. The molecule has 1 saturated heterocycles. The molecule has 1 aromatic carbocycles. The van der Waals surface area contributed by atoms with Gasteiger partial charge in [0.1, 0.15) is 0 Å². The largest absolute Gasteiger partial charge is 0.362 e. The molecule has 20 heavy (non-hydrogen) atoms. The van der Waals surface area contributed by atoms with Crippen LogP contribution in [0.1, 0.15) is 18.4 Å². The summed E-state index contributed by atoms with van der Waals surface area (Å²) in [5, 5.41) is 4.34. The molecule has 4 heteroatoms. The number of rotatable bonds is 5. The summed E-state index contributed by atoms with van der Waals surface area (Å²) in [6.07, 6.45) is 3.52. The quantitative estimate of drug-likeness (QED) is 0.837. The van der Waals surface area contributed by atoms with Crippen LogP contribution in [0.25, 0.3) is 0 Å². The predicted octanol–water partition coefficient (Wildman–Crippen LogP) is 2.13. The van der Waals surface area contributed by atoms with E-state index in [2.05, 4.69) is 59.5 Å². The fourth-order valence-electron chi connectivity index (χ4n) is 2.77. The molecule has 1 N–H and O–H groups in total. The first-order valence-corrected chi connectivity index (χ1v) is 7.81. The van der Waals surface area contributed by atoms with E-state index in [9.17, 15) is 0 Å². The van der Waals surface area contributed by atoms with E-state index >= 15 is 0 Å². The topological polar surface area (TPSA) is 18.5 Å². The zero-order valence-corrected chi connectivity index (χ0v) is 13.3. The number of benzene rings is 1. The van der Waals surface area contributed by atoms with Gasteiger partial charge in [-0.3, -0.25) is 0 Å². The van der Waals surface area contributed by atoms with Crippen molar-refractivity contribution in [2.24, 2.45) is 0 Å². The van der Waals surface area contributed by atoms with Crippen molar-refractivity contribution in [3.05, 3.63) is 35.9 Å². The fourth-order valence-corrected chi connectivity index (χ4v) is 3.12. The lowest BCUT2D eigenvalue weighted by molar-refractivity contribution is 0.284. The summed E-state index contributed by atoms with van der Waals surface area (Å²) in [5.41, 5.74) is 1.36. The Hall–Kier alpha value is -1.13. The highest BCUT2D eigenvalue weighted by atomic mass is 32.1. The smallest absolute Gasteiger partial charge is 0.169 e. The maximum atomic E-state index is 5.56. The van der Waals surface area contributed by atoms with E-state index in [0.29, 0.717) is 6.04 Å². The Morgan fingerprint density at radius 3 is 2.80 bits per heavy atom. The molecule has 1 atom stereocenters. The predicted molar refractivity (Wildman–Crippen MR) is 89.0 cm³/mol. The van der Waals surface area contributed by atoms with Crippen molar-refractivity contribution in [1.82, 2.24) is 15.1 Å². The Kier molecular flexibility index (Phi) is 5.80. The van der Waals surface area contributed by atoms with Gasteiger partial charge in [0.15, 0.2) is 5.11 Å². The van der Waals surface area contributed by atoms with Crippen molar-refractivity contribution in [3.63, 3.8) is 0 Å². The maximum absolute atomic E-state index is 5.56. The number of hydrogen-bond donors (Lipinski definition) is 1. The second-order valence-electron chi connectivity index (χ2n) is 5.72. The zero-order valence-electron chi connectivity index (χ0n) is 12.5. The first-order valence-electron chi connectivity index (χ1n) is 7.40. The van der Waals surface area contributed by atoms with E-state index in [1.807, 2.05) is 0 Å². The number of likely N-dealkylation sites (N-methyl/N-ethyl adjacent to an activating group) is 1. The van der Waals surface area contributed by atoms with Crippen LogP contribution in [0.5, 0.6) is 0 Å². The monoisotopic (exact) mass is 291 g/mol. The molecule has 1 unspecified atom stereocenters. The molecule has 1 heterocycles. The molecule has 0 spiro atoms.